The van der Waals surface area contributed by atoms with Gasteiger partial charge in [-0.2, -0.15) is 26.3 Å². The van der Waals surface area contributed by atoms with Crippen molar-refractivity contribution in [1.29, 1.82) is 0 Å². The number of rotatable bonds is 5. The Morgan fingerprint density at radius 1 is 0.750 bits per heavy atom. The molecule has 0 spiro atoms. The molecule has 0 aliphatic heterocycles. The monoisotopic (exact) mass is 449 g/mol. The normalized spacial score (nSPS) is 12.3. The minimum atomic E-state index is -4.90. The lowest BCUT2D eigenvalue weighted by Crippen LogP contribution is -2.15. The average Bonchev–Trinajstić information content (AvgIpc) is 3.14. The molecule has 0 saturated heterocycles. The molecule has 4 aromatic rings. The maximum Gasteiger partial charge on any atom is 0.416 e. The molecule has 4 rings (SSSR count). The van der Waals surface area contributed by atoms with Gasteiger partial charge in [0.2, 0.25) is 0 Å². The van der Waals surface area contributed by atoms with Gasteiger partial charge in [0.05, 0.1) is 11.1 Å². The molecule has 0 bridgehead atoms. The molecule has 0 atom stereocenters. The first kappa shape index (κ1) is 21.8. The number of aromatic nitrogens is 1. The van der Waals surface area contributed by atoms with Crippen LogP contribution < -0.4 is 4.74 Å². The van der Waals surface area contributed by atoms with Crippen molar-refractivity contribution in [3.63, 3.8) is 0 Å². The molecule has 0 unspecified atom stereocenters. The van der Waals surface area contributed by atoms with Crippen LogP contribution in [0.3, 0.4) is 0 Å². The summed E-state index contributed by atoms with van der Waals surface area (Å²) in [5, 5.41) is 0.746. The summed E-state index contributed by atoms with van der Waals surface area (Å²) in [6.07, 6.45) is -8.16. The third-order valence-electron chi connectivity index (χ3n) is 5.07. The van der Waals surface area contributed by atoms with Crippen LogP contribution in [0.25, 0.3) is 10.9 Å². The van der Waals surface area contributed by atoms with E-state index in [1.54, 1.807) is 35.0 Å². The highest BCUT2D eigenvalue weighted by atomic mass is 19.4. The fourth-order valence-corrected chi connectivity index (χ4v) is 3.48. The highest BCUT2D eigenvalue weighted by Gasteiger charge is 2.38. The van der Waals surface area contributed by atoms with E-state index >= 15 is 0 Å². The zero-order chi connectivity index (χ0) is 22.9. The molecule has 2 nitrogen and oxygen atoms in total. The number of halogens is 6. The Morgan fingerprint density at radius 2 is 1.50 bits per heavy atom. The molecule has 0 saturated carbocycles. The molecule has 32 heavy (non-hydrogen) atoms. The van der Waals surface area contributed by atoms with Crippen LogP contribution in [0.15, 0.2) is 79.0 Å². The molecule has 0 aliphatic rings. The summed E-state index contributed by atoms with van der Waals surface area (Å²) >= 11 is 0. The topological polar surface area (TPSA) is 14.2 Å². The van der Waals surface area contributed by atoms with Crippen molar-refractivity contribution in [3.8, 4) is 5.75 Å². The van der Waals surface area contributed by atoms with E-state index in [0.29, 0.717) is 23.9 Å². The van der Waals surface area contributed by atoms with Gasteiger partial charge in [0.25, 0.3) is 0 Å². The highest BCUT2D eigenvalue weighted by molar-refractivity contribution is 5.81. The largest absolute Gasteiger partial charge is 0.489 e. The third-order valence-corrected chi connectivity index (χ3v) is 5.07. The third kappa shape index (κ3) is 4.74. The number of benzene rings is 3. The Labute approximate surface area is 179 Å². The number of hydrogen-bond donors (Lipinski definition) is 0. The van der Waals surface area contributed by atoms with Crippen LogP contribution in [-0.2, 0) is 25.5 Å². The molecule has 166 valence electrons. The van der Waals surface area contributed by atoms with Crippen molar-refractivity contribution in [1.82, 2.24) is 4.57 Å². The van der Waals surface area contributed by atoms with Crippen molar-refractivity contribution in [2.24, 2.45) is 0 Å². The molecule has 0 radical (unpaired) electrons. The first-order chi connectivity index (χ1) is 15.1. The van der Waals surface area contributed by atoms with E-state index in [9.17, 15) is 26.3 Å². The SMILES string of the molecule is FC(F)(F)c1ccc(Cn2ccc3cc(OCc4ccccc4)ccc32)c(C(F)(F)F)c1. The van der Waals surface area contributed by atoms with Crippen LogP contribution in [0, 0.1) is 0 Å². The lowest BCUT2D eigenvalue weighted by atomic mass is 10.0. The molecular weight excluding hydrogens is 432 g/mol. The molecule has 8 heteroatoms. The predicted octanol–water partition coefficient (Wildman–Crippen LogP) is 7.31. The van der Waals surface area contributed by atoms with Crippen LogP contribution >= 0.6 is 0 Å². The molecule has 1 aromatic heterocycles. The highest BCUT2D eigenvalue weighted by Crippen LogP contribution is 2.38. The summed E-state index contributed by atoms with van der Waals surface area (Å²) in [6.45, 7) is 0.147. The number of ether oxygens (including phenoxy) is 1. The molecule has 1 heterocycles. The van der Waals surface area contributed by atoms with Gasteiger partial charge in [-0.05, 0) is 47.5 Å². The van der Waals surface area contributed by atoms with E-state index in [4.69, 9.17) is 4.74 Å². The van der Waals surface area contributed by atoms with Crippen molar-refractivity contribution in [2.45, 2.75) is 25.5 Å². The summed E-state index contributed by atoms with van der Waals surface area (Å²) in [7, 11) is 0. The van der Waals surface area contributed by atoms with Gasteiger partial charge in [-0.25, -0.2) is 0 Å². The molecule has 0 fully saturated rings. The second-order valence-electron chi connectivity index (χ2n) is 7.31. The molecule has 0 aliphatic carbocycles. The van der Waals surface area contributed by atoms with Crippen molar-refractivity contribution >= 4 is 10.9 Å². The Morgan fingerprint density at radius 3 is 2.19 bits per heavy atom. The molecule has 0 amide bonds. The van der Waals surface area contributed by atoms with E-state index in [1.807, 2.05) is 30.3 Å². The average molecular weight is 449 g/mol. The molecular formula is C24H17F6NO. The number of alkyl halides is 6. The van der Waals surface area contributed by atoms with Crippen LogP contribution in [0.2, 0.25) is 0 Å². The van der Waals surface area contributed by atoms with Crippen molar-refractivity contribution < 1.29 is 31.1 Å². The number of fused-ring (bicyclic) bond motifs is 1. The van der Waals surface area contributed by atoms with Crippen LogP contribution in [0.5, 0.6) is 5.75 Å². The Kier molecular flexibility index (Phi) is 5.62. The van der Waals surface area contributed by atoms with Gasteiger partial charge in [-0.1, -0.05) is 36.4 Å². The fourth-order valence-electron chi connectivity index (χ4n) is 3.48. The molecule has 0 N–H and O–H groups in total. The summed E-state index contributed by atoms with van der Waals surface area (Å²) in [5.41, 5.74) is -1.23. The first-order valence-corrected chi connectivity index (χ1v) is 9.64. The maximum atomic E-state index is 13.4. The summed E-state index contributed by atoms with van der Waals surface area (Å²) < 4.78 is 86.4. The maximum absolute atomic E-state index is 13.4. The second kappa shape index (κ2) is 8.26. The van der Waals surface area contributed by atoms with E-state index in [2.05, 4.69) is 0 Å². The quantitative estimate of drug-likeness (QED) is 0.292. The van der Waals surface area contributed by atoms with Crippen molar-refractivity contribution in [2.75, 3.05) is 0 Å². The summed E-state index contributed by atoms with van der Waals surface area (Å²) in [4.78, 5) is 0. The standard InChI is InChI=1S/C24H17F6NO/c25-23(26,27)19-7-6-18(21(13-19)24(28,29)30)14-31-11-10-17-12-20(8-9-22(17)31)32-15-16-4-2-1-3-5-16/h1-13H,14-15H2. The minimum Gasteiger partial charge on any atom is -0.489 e. The van der Waals surface area contributed by atoms with Gasteiger partial charge in [-0.3, -0.25) is 0 Å². The second-order valence-corrected chi connectivity index (χ2v) is 7.31. The van der Waals surface area contributed by atoms with Crippen LogP contribution in [-0.4, -0.2) is 4.57 Å². The lowest BCUT2D eigenvalue weighted by molar-refractivity contribution is -0.143. The van der Waals surface area contributed by atoms with E-state index in [0.717, 1.165) is 17.0 Å². The fraction of sp³-hybridized carbons (Fsp3) is 0.167. The summed E-state index contributed by atoms with van der Waals surface area (Å²) in [6, 6.07) is 18.2. The Bertz CT molecular complexity index is 1220. The van der Waals surface area contributed by atoms with E-state index < -0.39 is 23.5 Å². The zero-order valence-electron chi connectivity index (χ0n) is 16.5. The van der Waals surface area contributed by atoms with Gasteiger partial charge in [0.1, 0.15) is 12.4 Å². The Hall–Kier alpha value is -3.42. The number of nitrogens with zero attached hydrogens (tertiary/aromatic N) is 1. The van der Waals surface area contributed by atoms with Crippen LogP contribution in [0.1, 0.15) is 22.3 Å². The lowest BCUT2D eigenvalue weighted by Gasteiger charge is -2.17. The minimum absolute atomic E-state index is 0.163. The smallest absolute Gasteiger partial charge is 0.416 e. The van der Waals surface area contributed by atoms with Crippen molar-refractivity contribution in [3.05, 3.63) is 101 Å². The van der Waals surface area contributed by atoms with Gasteiger partial charge in [0.15, 0.2) is 0 Å². The van der Waals surface area contributed by atoms with E-state index in [-0.39, 0.29) is 18.2 Å². The Balaban J connectivity index is 1.59. The van der Waals surface area contributed by atoms with Gasteiger partial charge < -0.3 is 9.30 Å². The van der Waals surface area contributed by atoms with Gasteiger partial charge in [-0.15, -0.1) is 0 Å². The number of hydrogen-bond acceptors (Lipinski definition) is 1. The van der Waals surface area contributed by atoms with Gasteiger partial charge in [0, 0.05) is 23.6 Å². The molecule has 3 aromatic carbocycles. The van der Waals surface area contributed by atoms with Crippen LogP contribution in [0.4, 0.5) is 26.3 Å². The van der Waals surface area contributed by atoms with Gasteiger partial charge >= 0.3 is 12.4 Å². The first-order valence-electron chi connectivity index (χ1n) is 9.64. The summed E-state index contributed by atoms with van der Waals surface area (Å²) in [5.74, 6) is 0.601. The van der Waals surface area contributed by atoms with E-state index in [1.165, 1.54) is 0 Å². The zero-order valence-corrected chi connectivity index (χ0v) is 16.5. The predicted molar refractivity (Wildman–Crippen MR) is 108 cm³/mol.